The quantitative estimate of drug-likeness (QED) is 0.598. The molecule has 0 aliphatic carbocycles. The molecule has 1 aromatic carbocycles. The molecular formula is C10H13N3O2. The van der Waals surface area contributed by atoms with Crippen LogP contribution >= 0.6 is 0 Å². The van der Waals surface area contributed by atoms with Gasteiger partial charge in [-0.3, -0.25) is 9.59 Å². The first-order valence-electron chi connectivity index (χ1n) is 4.42. The SMILES string of the molecule is Cc1cc(N)cc(C(=O)NCC(N)=O)c1. The van der Waals surface area contributed by atoms with Crippen molar-refractivity contribution < 1.29 is 9.59 Å². The first kappa shape index (κ1) is 11.0. The molecule has 0 aliphatic rings. The number of amides is 2. The van der Waals surface area contributed by atoms with E-state index in [0.29, 0.717) is 11.3 Å². The van der Waals surface area contributed by atoms with Crippen LogP contribution in [0.3, 0.4) is 0 Å². The van der Waals surface area contributed by atoms with E-state index in [4.69, 9.17) is 11.5 Å². The summed E-state index contributed by atoms with van der Waals surface area (Å²) in [6.45, 7) is 1.66. The molecular weight excluding hydrogens is 194 g/mol. The fourth-order valence-corrected chi connectivity index (χ4v) is 1.21. The van der Waals surface area contributed by atoms with Crippen molar-refractivity contribution in [2.45, 2.75) is 6.92 Å². The molecule has 0 radical (unpaired) electrons. The lowest BCUT2D eigenvalue weighted by molar-refractivity contribution is -0.117. The molecule has 0 unspecified atom stereocenters. The fraction of sp³-hybridized carbons (Fsp3) is 0.200. The van der Waals surface area contributed by atoms with E-state index >= 15 is 0 Å². The summed E-state index contributed by atoms with van der Waals surface area (Å²) in [4.78, 5) is 21.9. The Morgan fingerprint density at radius 1 is 1.33 bits per heavy atom. The van der Waals surface area contributed by atoms with E-state index < -0.39 is 5.91 Å². The number of anilines is 1. The highest BCUT2D eigenvalue weighted by Gasteiger charge is 2.07. The topological polar surface area (TPSA) is 98.2 Å². The van der Waals surface area contributed by atoms with E-state index in [1.54, 1.807) is 18.2 Å². The number of primary amides is 1. The van der Waals surface area contributed by atoms with Gasteiger partial charge in [-0.1, -0.05) is 0 Å². The van der Waals surface area contributed by atoms with Gasteiger partial charge in [-0.25, -0.2) is 0 Å². The average molecular weight is 207 g/mol. The van der Waals surface area contributed by atoms with Crippen molar-refractivity contribution in [1.82, 2.24) is 5.32 Å². The molecule has 0 aliphatic heterocycles. The zero-order valence-corrected chi connectivity index (χ0v) is 8.41. The van der Waals surface area contributed by atoms with Gasteiger partial charge in [-0.05, 0) is 30.7 Å². The molecule has 0 atom stereocenters. The molecule has 2 amide bonds. The molecule has 15 heavy (non-hydrogen) atoms. The van der Waals surface area contributed by atoms with Crippen LogP contribution in [0.4, 0.5) is 5.69 Å². The van der Waals surface area contributed by atoms with E-state index in [1.807, 2.05) is 6.92 Å². The van der Waals surface area contributed by atoms with Crippen molar-refractivity contribution in [3.05, 3.63) is 29.3 Å². The van der Waals surface area contributed by atoms with Gasteiger partial charge in [-0.2, -0.15) is 0 Å². The molecule has 5 N–H and O–H groups in total. The number of nitrogens with one attached hydrogen (secondary N) is 1. The summed E-state index contributed by atoms with van der Waals surface area (Å²) in [5.41, 5.74) is 12.3. The second-order valence-electron chi connectivity index (χ2n) is 3.28. The van der Waals surface area contributed by atoms with Gasteiger partial charge in [0.25, 0.3) is 5.91 Å². The van der Waals surface area contributed by atoms with Gasteiger partial charge in [-0.15, -0.1) is 0 Å². The summed E-state index contributed by atoms with van der Waals surface area (Å²) < 4.78 is 0. The van der Waals surface area contributed by atoms with Crippen LogP contribution in [0.1, 0.15) is 15.9 Å². The lowest BCUT2D eigenvalue weighted by Gasteiger charge is -2.05. The maximum absolute atomic E-state index is 11.5. The van der Waals surface area contributed by atoms with Crippen molar-refractivity contribution in [3.8, 4) is 0 Å². The predicted octanol–water partition coefficient (Wildman–Crippen LogP) is -0.208. The highest BCUT2D eigenvalue weighted by Crippen LogP contribution is 2.10. The zero-order valence-electron chi connectivity index (χ0n) is 8.41. The Bertz CT molecular complexity index is 381. The first-order valence-corrected chi connectivity index (χ1v) is 4.42. The molecule has 0 saturated heterocycles. The predicted molar refractivity (Wildman–Crippen MR) is 57.1 cm³/mol. The van der Waals surface area contributed by atoms with Crippen LogP contribution in [-0.4, -0.2) is 18.4 Å². The Kier molecular flexibility index (Phi) is 3.28. The van der Waals surface area contributed by atoms with Crippen LogP contribution < -0.4 is 16.8 Å². The van der Waals surface area contributed by atoms with Crippen LogP contribution in [0.5, 0.6) is 0 Å². The summed E-state index contributed by atoms with van der Waals surface area (Å²) >= 11 is 0. The van der Waals surface area contributed by atoms with Crippen LogP contribution in [0, 0.1) is 6.92 Å². The minimum absolute atomic E-state index is 0.174. The van der Waals surface area contributed by atoms with Gasteiger partial charge in [0.15, 0.2) is 0 Å². The van der Waals surface area contributed by atoms with Gasteiger partial charge in [0.1, 0.15) is 0 Å². The second kappa shape index (κ2) is 4.45. The van der Waals surface area contributed by atoms with Crippen LogP contribution in [0.15, 0.2) is 18.2 Å². The van der Waals surface area contributed by atoms with E-state index in [1.165, 1.54) is 0 Å². The van der Waals surface area contributed by atoms with Crippen molar-refractivity contribution in [2.24, 2.45) is 5.73 Å². The minimum atomic E-state index is -0.580. The number of nitrogens with two attached hydrogens (primary N) is 2. The van der Waals surface area contributed by atoms with E-state index in [-0.39, 0.29) is 12.5 Å². The number of hydrogen-bond donors (Lipinski definition) is 3. The summed E-state index contributed by atoms with van der Waals surface area (Å²) in [7, 11) is 0. The third kappa shape index (κ3) is 3.30. The van der Waals surface area contributed by atoms with E-state index in [2.05, 4.69) is 5.32 Å². The van der Waals surface area contributed by atoms with Crippen LogP contribution in [0.25, 0.3) is 0 Å². The Morgan fingerprint density at radius 2 is 2.00 bits per heavy atom. The van der Waals surface area contributed by atoms with Gasteiger partial charge < -0.3 is 16.8 Å². The Labute approximate surface area is 87.4 Å². The number of aryl methyl sites for hydroxylation is 1. The maximum Gasteiger partial charge on any atom is 0.251 e. The molecule has 5 nitrogen and oxygen atoms in total. The van der Waals surface area contributed by atoms with Gasteiger partial charge >= 0.3 is 0 Å². The second-order valence-corrected chi connectivity index (χ2v) is 3.28. The van der Waals surface area contributed by atoms with E-state index in [0.717, 1.165) is 5.56 Å². The molecule has 5 heteroatoms. The maximum atomic E-state index is 11.5. The summed E-state index contributed by atoms with van der Waals surface area (Å²) in [6.07, 6.45) is 0. The molecule has 0 spiro atoms. The van der Waals surface area contributed by atoms with Crippen LogP contribution in [0.2, 0.25) is 0 Å². The minimum Gasteiger partial charge on any atom is -0.399 e. The van der Waals surface area contributed by atoms with Crippen molar-refractivity contribution in [2.75, 3.05) is 12.3 Å². The highest BCUT2D eigenvalue weighted by molar-refractivity contribution is 5.97. The Balaban J connectivity index is 2.77. The molecule has 1 rings (SSSR count). The molecule has 0 fully saturated rings. The monoisotopic (exact) mass is 207 g/mol. The highest BCUT2D eigenvalue weighted by atomic mass is 16.2. The lowest BCUT2D eigenvalue weighted by Crippen LogP contribution is -2.33. The van der Waals surface area contributed by atoms with Crippen molar-refractivity contribution in [3.63, 3.8) is 0 Å². The van der Waals surface area contributed by atoms with Crippen molar-refractivity contribution >= 4 is 17.5 Å². The van der Waals surface area contributed by atoms with Gasteiger partial charge in [0, 0.05) is 11.3 Å². The third-order valence-corrected chi connectivity index (χ3v) is 1.79. The molecule has 0 saturated carbocycles. The summed E-state index contributed by atoms with van der Waals surface area (Å²) in [5, 5.41) is 2.38. The molecule has 0 heterocycles. The number of nitrogen functional groups attached to an aromatic ring is 1. The fourth-order valence-electron chi connectivity index (χ4n) is 1.21. The first-order chi connectivity index (χ1) is 6.99. The molecule has 0 bridgehead atoms. The number of rotatable bonds is 3. The number of hydrogen-bond acceptors (Lipinski definition) is 3. The molecule has 1 aromatic rings. The number of carbonyl (C=O) groups is 2. The van der Waals surface area contributed by atoms with Crippen molar-refractivity contribution in [1.29, 1.82) is 0 Å². The van der Waals surface area contributed by atoms with Gasteiger partial charge in [0.05, 0.1) is 6.54 Å². The smallest absolute Gasteiger partial charge is 0.251 e. The van der Waals surface area contributed by atoms with Gasteiger partial charge in [0.2, 0.25) is 5.91 Å². The normalized spacial score (nSPS) is 9.67. The molecule has 80 valence electrons. The van der Waals surface area contributed by atoms with E-state index in [9.17, 15) is 9.59 Å². The molecule has 0 aromatic heterocycles. The number of benzene rings is 1. The summed E-state index contributed by atoms with van der Waals surface area (Å²) in [5.74, 6) is -0.937. The Morgan fingerprint density at radius 3 is 2.53 bits per heavy atom. The zero-order chi connectivity index (χ0) is 11.4. The van der Waals surface area contributed by atoms with Crippen LogP contribution in [-0.2, 0) is 4.79 Å². The average Bonchev–Trinajstić information content (AvgIpc) is 2.12. The number of carbonyl (C=O) groups excluding carboxylic acids is 2. The lowest BCUT2D eigenvalue weighted by atomic mass is 10.1. The summed E-state index contributed by atoms with van der Waals surface area (Å²) in [6, 6.07) is 4.99. The standard InChI is InChI=1S/C10H13N3O2/c1-6-2-7(4-8(11)3-6)10(15)13-5-9(12)14/h2-4H,5,11H2,1H3,(H2,12,14)(H,13,15). The Hall–Kier alpha value is -2.04. The largest absolute Gasteiger partial charge is 0.399 e. The third-order valence-electron chi connectivity index (χ3n) is 1.79.